The van der Waals surface area contributed by atoms with E-state index in [-0.39, 0.29) is 6.61 Å². The highest BCUT2D eigenvalue weighted by atomic mass is 79.9. The van der Waals surface area contributed by atoms with E-state index in [0.29, 0.717) is 13.1 Å². The average molecular weight is 339 g/mol. The van der Waals surface area contributed by atoms with Crippen molar-refractivity contribution in [3.63, 3.8) is 0 Å². The SMILES string of the molecule is OC[C@@H](O)CNCc1ccc(Br)c(Br)c1. The maximum atomic E-state index is 9.11. The van der Waals surface area contributed by atoms with Gasteiger partial charge in [-0.2, -0.15) is 0 Å². The van der Waals surface area contributed by atoms with Crippen molar-refractivity contribution in [1.82, 2.24) is 5.32 Å². The van der Waals surface area contributed by atoms with E-state index >= 15 is 0 Å². The molecule has 1 aromatic rings. The second-order valence-corrected chi connectivity index (χ2v) is 4.92. The zero-order chi connectivity index (χ0) is 11.3. The lowest BCUT2D eigenvalue weighted by Gasteiger charge is -2.09. The summed E-state index contributed by atoms with van der Waals surface area (Å²) in [6, 6.07) is 5.96. The molecule has 1 rings (SSSR count). The third-order valence-electron chi connectivity index (χ3n) is 1.90. The predicted molar refractivity (Wildman–Crippen MR) is 66.6 cm³/mol. The van der Waals surface area contributed by atoms with Gasteiger partial charge in [0.05, 0.1) is 12.7 Å². The Morgan fingerprint density at radius 2 is 2.00 bits per heavy atom. The van der Waals surface area contributed by atoms with Gasteiger partial charge >= 0.3 is 0 Å². The molecule has 0 bridgehead atoms. The van der Waals surface area contributed by atoms with Crippen LogP contribution in [0.1, 0.15) is 5.56 Å². The molecule has 0 radical (unpaired) electrons. The first-order chi connectivity index (χ1) is 7.13. The van der Waals surface area contributed by atoms with Gasteiger partial charge in [-0.25, -0.2) is 0 Å². The maximum absolute atomic E-state index is 9.11. The highest BCUT2D eigenvalue weighted by molar-refractivity contribution is 9.13. The number of halogens is 2. The van der Waals surface area contributed by atoms with Crippen molar-refractivity contribution >= 4 is 31.9 Å². The fourth-order valence-electron chi connectivity index (χ4n) is 1.10. The minimum atomic E-state index is -0.691. The van der Waals surface area contributed by atoms with E-state index in [2.05, 4.69) is 37.2 Å². The molecule has 0 spiro atoms. The number of hydrogen-bond donors (Lipinski definition) is 3. The van der Waals surface area contributed by atoms with Gasteiger partial charge in [0.25, 0.3) is 0 Å². The van der Waals surface area contributed by atoms with Gasteiger partial charge in [-0.1, -0.05) is 6.07 Å². The molecule has 3 N–H and O–H groups in total. The zero-order valence-electron chi connectivity index (χ0n) is 8.08. The first kappa shape index (κ1) is 13.1. The Bertz CT molecular complexity index is 320. The quantitative estimate of drug-likeness (QED) is 0.765. The summed E-state index contributed by atoms with van der Waals surface area (Å²) in [6.45, 7) is 0.851. The summed E-state index contributed by atoms with van der Waals surface area (Å²) >= 11 is 6.81. The second kappa shape index (κ2) is 6.60. The Morgan fingerprint density at radius 1 is 1.27 bits per heavy atom. The molecule has 0 heterocycles. The first-order valence-corrected chi connectivity index (χ1v) is 6.15. The van der Waals surface area contributed by atoms with E-state index in [9.17, 15) is 0 Å². The number of aliphatic hydroxyl groups is 2. The largest absolute Gasteiger partial charge is 0.394 e. The molecule has 1 aromatic carbocycles. The molecule has 5 heteroatoms. The predicted octanol–water partition coefficient (Wildman–Crippen LogP) is 1.65. The first-order valence-electron chi connectivity index (χ1n) is 4.57. The molecule has 84 valence electrons. The van der Waals surface area contributed by atoms with Gasteiger partial charge in [0, 0.05) is 22.0 Å². The van der Waals surface area contributed by atoms with E-state index in [1.807, 2.05) is 18.2 Å². The van der Waals surface area contributed by atoms with Gasteiger partial charge < -0.3 is 15.5 Å². The number of hydrogen-bond acceptors (Lipinski definition) is 3. The molecule has 15 heavy (non-hydrogen) atoms. The number of rotatable bonds is 5. The third kappa shape index (κ3) is 4.61. The summed E-state index contributed by atoms with van der Waals surface area (Å²) in [5.41, 5.74) is 1.12. The van der Waals surface area contributed by atoms with Gasteiger partial charge in [0.15, 0.2) is 0 Å². The summed E-state index contributed by atoms with van der Waals surface area (Å²) in [5, 5.41) is 20.8. The maximum Gasteiger partial charge on any atom is 0.0895 e. The van der Waals surface area contributed by atoms with Crippen LogP contribution < -0.4 is 5.32 Å². The smallest absolute Gasteiger partial charge is 0.0895 e. The van der Waals surface area contributed by atoms with E-state index in [4.69, 9.17) is 10.2 Å². The van der Waals surface area contributed by atoms with Gasteiger partial charge in [0.1, 0.15) is 0 Å². The van der Waals surface area contributed by atoms with Crippen molar-refractivity contribution in [2.75, 3.05) is 13.2 Å². The Kier molecular flexibility index (Phi) is 5.78. The minimum absolute atomic E-state index is 0.211. The fraction of sp³-hybridized carbons (Fsp3) is 0.400. The van der Waals surface area contributed by atoms with Crippen molar-refractivity contribution in [3.05, 3.63) is 32.7 Å². The normalized spacial score (nSPS) is 12.8. The molecule has 0 aromatic heterocycles. The molecule has 0 amide bonds. The van der Waals surface area contributed by atoms with E-state index in [0.717, 1.165) is 14.5 Å². The van der Waals surface area contributed by atoms with Gasteiger partial charge in [-0.3, -0.25) is 0 Å². The average Bonchev–Trinajstić information content (AvgIpc) is 2.23. The number of benzene rings is 1. The van der Waals surface area contributed by atoms with Crippen molar-refractivity contribution in [3.8, 4) is 0 Å². The summed E-state index contributed by atoms with van der Waals surface area (Å²) in [7, 11) is 0. The Hall–Kier alpha value is 0.0600. The van der Waals surface area contributed by atoms with Crippen LogP contribution in [0, 0.1) is 0 Å². The molecule has 0 aliphatic heterocycles. The van der Waals surface area contributed by atoms with Crippen LogP contribution in [-0.2, 0) is 6.54 Å². The molecule has 3 nitrogen and oxygen atoms in total. The molecule has 0 saturated carbocycles. The Morgan fingerprint density at radius 3 is 2.60 bits per heavy atom. The van der Waals surface area contributed by atoms with Crippen LogP contribution >= 0.6 is 31.9 Å². The third-order valence-corrected chi connectivity index (χ3v) is 3.78. The van der Waals surface area contributed by atoms with Crippen molar-refractivity contribution < 1.29 is 10.2 Å². The molecule has 0 aliphatic rings. The lowest BCUT2D eigenvalue weighted by molar-refractivity contribution is 0.0942. The molecule has 0 saturated heterocycles. The van der Waals surface area contributed by atoms with Crippen molar-refractivity contribution in [1.29, 1.82) is 0 Å². The standard InChI is InChI=1S/C10H13Br2NO2/c11-9-2-1-7(3-10(9)12)4-13-5-8(15)6-14/h1-3,8,13-15H,4-6H2/t8-/m0/s1. The number of aliphatic hydroxyl groups excluding tert-OH is 2. The van der Waals surface area contributed by atoms with E-state index in [1.165, 1.54) is 0 Å². The van der Waals surface area contributed by atoms with Crippen LogP contribution in [0.25, 0.3) is 0 Å². The van der Waals surface area contributed by atoms with Crippen LogP contribution in [0.4, 0.5) is 0 Å². The molecule has 0 aliphatic carbocycles. The lowest BCUT2D eigenvalue weighted by atomic mass is 10.2. The molecular formula is C10H13Br2NO2. The summed E-state index contributed by atoms with van der Waals surface area (Å²) in [4.78, 5) is 0. The second-order valence-electron chi connectivity index (χ2n) is 3.22. The van der Waals surface area contributed by atoms with E-state index in [1.54, 1.807) is 0 Å². The Balaban J connectivity index is 2.41. The fourth-order valence-corrected chi connectivity index (χ4v) is 1.77. The summed E-state index contributed by atoms with van der Waals surface area (Å²) in [5.74, 6) is 0. The van der Waals surface area contributed by atoms with Gasteiger partial charge in [0.2, 0.25) is 0 Å². The molecule has 1 atom stereocenters. The highest BCUT2D eigenvalue weighted by Crippen LogP contribution is 2.23. The minimum Gasteiger partial charge on any atom is -0.394 e. The molecular weight excluding hydrogens is 326 g/mol. The van der Waals surface area contributed by atoms with E-state index < -0.39 is 6.10 Å². The van der Waals surface area contributed by atoms with Crippen molar-refractivity contribution in [2.24, 2.45) is 0 Å². The van der Waals surface area contributed by atoms with Crippen LogP contribution in [0.3, 0.4) is 0 Å². The summed E-state index contributed by atoms with van der Waals surface area (Å²) in [6.07, 6.45) is -0.691. The molecule has 0 unspecified atom stereocenters. The topological polar surface area (TPSA) is 52.5 Å². The lowest BCUT2D eigenvalue weighted by Crippen LogP contribution is -2.28. The number of nitrogens with one attached hydrogen (secondary N) is 1. The summed E-state index contributed by atoms with van der Waals surface area (Å²) < 4.78 is 2.02. The van der Waals surface area contributed by atoms with Gasteiger partial charge in [-0.15, -0.1) is 0 Å². The highest BCUT2D eigenvalue weighted by Gasteiger charge is 2.02. The molecule has 0 fully saturated rings. The van der Waals surface area contributed by atoms with Crippen LogP contribution in [0.2, 0.25) is 0 Å². The monoisotopic (exact) mass is 337 g/mol. The van der Waals surface area contributed by atoms with Crippen LogP contribution in [-0.4, -0.2) is 29.5 Å². The zero-order valence-corrected chi connectivity index (χ0v) is 11.3. The van der Waals surface area contributed by atoms with Crippen LogP contribution in [0.5, 0.6) is 0 Å². The van der Waals surface area contributed by atoms with Gasteiger partial charge in [-0.05, 0) is 49.6 Å². The Labute approximate surface area is 106 Å². The van der Waals surface area contributed by atoms with Crippen molar-refractivity contribution in [2.45, 2.75) is 12.6 Å². The van der Waals surface area contributed by atoms with Crippen LogP contribution in [0.15, 0.2) is 27.1 Å².